The standard InChI is InChI=1S/C13H22N2OS/c1-8(2)11(6-14-10(5)16)13-15-12(7-17-13)9(3)4/h7-9,11H,6H2,1-5H3,(H,14,16). The number of hydrogen-bond donors (Lipinski definition) is 1. The van der Waals surface area contributed by atoms with Crippen LogP contribution in [0.4, 0.5) is 0 Å². The first-order valence-electron chi connectivity index (χ1n) is 6.11. The monoisotopic (exact) mass is 254 g/mol. The summed E-state index contributed by atoms with van der Waals surface area (Å²) in [4.78, 5) is 15.7. The molecule has 1 aromatic rings. The lowest BCUT2D eigenvalue weighted by atomic mass is 9.96. The maximum Gasteiger partial charge on any atom is 0.216 e. The van der Waals surface area contributed by atoms with E-state index in [4.69, 9.17) is 0 Å². The summed E-state index contributed by atoms with van der Waals surface area (Å²) in [7, 11) is 0. The number of nitrogens with one attached hydrogen (secondary N) is 1. The summed E-state index contributed by atoms with van der Waals surface area (Å²) >= 11 is 1.70. The molecular weight excluding hydrogens is 232 g/mol. The van der Waals surface area contributed by atoms with E-state index in [1.807, 2.05) is 0 Å². The molecule has 1 amide bonds. The quantitative estimate of drug-likeness (QED) is 0.877. The molecule has 1 atom stereocenters. The van der Waals surface area contributed by atoms with Gasteiger partial charge in [-0.2, -0.15) is 0 Å². The van der Waals surface area contributed by atoms with Gasteiger partial charge in [-0.05, 0) is 11.8 Å². The van der Waals surface area contributed by atoms with Crippen molar-refractivity contribution in [3.05, 3.63) is 16.1 Å². The lowest BCUT2D eigenvalue weighted by molar-refractivity contribution is -0.119. The maximum atomic E-state index is 11.0. The van der Waals surface area contributed by atoms with E-state index in [1.54, 1.807) is 18.3 Å². The van der Waals surface area contributed by atoms with E-state index in [9.17, 15) is 4.79 Å². The van der Waals surface area contributed by atoms with Crippen molar-refractivity contribution in [3.8, 4) is 0 Å². The lowest BCUT2D eigenvalue weighted by Gasteiger charge is -2.18. The minimum Gasteiger partial charge on any atom is -0.356 e. The molecule has 0 spiro atoms. The highest BCUT2D eigenvalue weighted by Gasteiger charge is 2.20. The molecule has 0 aliphatic rings. The fraction of sp³-hybridized carbons (Fsp3) is 0.692. The molecule has 4 heteroatoms. The molecule has 17 heavy (non-hydrogen) atoms. The van der Waals surface area contributed by atoms with Crippen molar-refractivity contribution in [2.24, 2.45) is 5.92 Å². The predicted octanol–water partition coefficient (Wildman–Crippen LogP) is 3.14. The van der Waals surface area contributed by atoms with Gasteiger partial charge in [0, 0.05) is 24.8 Å². The van der Waals surface area contributed by atoms with Crippen molar-refractivity contribution in [2.75, 3.05) is 6.54 Å². The predicted molar refractivity (Wildman–Crippen MR) is 72.5 cm³/mol. The number of thiazole rings is 1. The second-order valence-corrected chi connectivity index (χ2v) is 5.94. The Morgan fingerprint density at radius 2 is 2.06 bits per heavy atom. The number of carbonyl (C=O) groups is 1. The van der Waals surface area contributed by atoms with E-state index in [0.717, 1.165) is 10.7 Å². The second-order valence-electron chi connectivity index (χ2n) is 5.05. The summed E-state index contributed by atoms with van der Waals surface area (Å²) < 4.78 is 0. The molecule has 1 heterocycles. The first-order chi connectivity index (χ1) is 7.91. The van der Waals surface area contributed by atoms with Gasteiger partial charge >= 0.3 is 0 Å². The molecule has 0 saturated carbocycles. The van der Waals surface area contributed by atoms with E-state index in [1.165, 1.54) is 0 Å². The van der Waals surface area contributed by atoms with E-state index in [-0.39, 0.29) is 5.91 Å². The largest absolute Gasteiger partial charge is 0.356 e. The molecule has 1 unspecified atom stereocenters. The molecule has 0 fully saturated rings. The highest BCUT2D eigenvalue weighted by molar-refractivity contribution is 7.09. The van der Waals surface area contributed by atoms with E-state index >= 15 is 0 Å². The smallest absolute Gasteiger partial charge is 0.216 e. The second kappa shape index (κ2) is 6.15. The van der Waals surface area contributed by atoms with E-state index in [2.05, 4.69) is 43.4 Å². The summed E-state index contributed by atoms with van der Waals surface area (Å²) in [6.45, 7) is 10.9. The number of amides is 1. The molecular formula is C13H22N2OS. The molecule has 0 aliphatic carbocycles. The minimum atomic E-state index is 0.0243. The van der Waals surface area contributed by atoms with Gasteiger partial charge in [-0.1, -0.05) is 27.7 Å². The Morgan fingerprint density at radius 1 is 1.41 bits per heavy atom. The normalized spacial score (nSPS) is 13.1. The van der Waals surface area contributed by atoms with Crippen LogP contribution in [0.3, 0.4) is 0 Å². The summed E-state index contributed by atoms with van der Waals surface area (Å²) in [6, 6.07) is 0. The fourth-order valence-corrected chi connectivity index (χ4v) is 2.85. The van der Waals surface area contributed by atoms with Gasteiger partial charge in [-0.25, -0.2) is 4.98 Å². The number of carbonyl (C=O) groups excluding carboxylic acids is 1. The summed E-state index contributed by atoms with van der Waals surface area (Å²) in [5.74, 6) is 1.29. The Morgan fingerprint density at radius 3 is 2.47 bits per heavy atom. The number of aromatic nitrogens is 1. The highest BCUT2D eigenvalue weighted by atomic mass is 32.1. The molecule has 0 bridgehead atoms. The third-order valence-electron chi connectivity index (χ3n) is 2.82. The molecule has 0 saturated heterocycles. The molecule has 1 rings (SSSR count). The third kappa shape index (κ3) is 4.11. The van der Waals surface area contributed by atoms with Crippen LogP contribution in [0, 0.1) is 5.92 Å². The maximum absolute atomic E-state index is 11.0. The zero-order valence-corrected chi connectivity index (χ0v) is 12.1. The van der Waals surface area contributed by atoms with Gasteiger partial charge < -0.3 is 5.32 Å². The summed E-state index contributed by atoms with van der Waals surface area (Å²) in [5.41, 5.74) is 1.15. The summed E-state index contributed by atoms with van der Waals surface area (Å²) in [5, 5.41) is 6.16. The average Bonchev–Trinajstić information content (AvgIpc) is 2.66. The first-order valence-corrected chi connectivity index (χ1v) is 6.99. The zero-order chi connectivity index (χ0) is 13.0. The number of rotatable bonds is 5. The Labute approximate surface area is 108 Å². The van der Waals surface area contributed by atoms with Crippen LogP contribution in [0.25, 0.3) is 0 Å². The van der Waals surface area contributed by atoms with Crippen LogP contribution in [-0.2, 0) is 4.79 Å². The van der Waals surface area contributed by atoms with Gasteiger partial charge in [0.2, 0.25) is 5.91 Å². The van der Waals surface area contributed by atoms with Crippen LogP contribution in [0.2, 0.25) is 0 Å². The van der Waals surface area contributed by atoms with Crippen LogP contribution in [0.5, 0.6) is 0 Å². The first kappa shape index (κ1) is 14.2. The highest BCUT2D eigenvalue weighted by Crippen LogP contribution is 2.28. The van der Waals surface area contributed by atoms with Crippen molar-refractivity contribution in [2.45, 2.75) is 46.5 Å². The van der Waals surface area contributed by atoms with Crippen molar-refractivity contribution >= 4 is 17.2 Å². The molecule has 0 radical (unpaired) electrons. The van der Waals surface area contributed by atoms with Gasteiger partial charge in [0.05, 0.1) is 10.7 Å². The number of nitrogens with zero attached hydrogens (tertiary/aromatic N) is 1. The molecule has 3 nitrogen and oxygen atoms in total. The number of hydrogen-bond acceptors (Lipinski definition) is 3. The Hall–Kier alpha value is -0.900. The van der Waals surface area contributed by atoms with Gasteiger partial charge in [-0.15, -0.1) is 11.3 Å². The SMILES string of the molecule is CC(=O)NCC(c1nc(C(C)C)cs1)C(C)C. The third-order valence-corrected chi connectivity index (χ3v) is 3.82. The Kier molecular flexibility index (Phi) is 5.12. The minimum absolute atomic E-state index is 0.0243. The average molecular weight is 254 g/mol. The Balaban J connectivity index is 2.78. The topological polar surface area (TPSA) is 42.0 Å². The molecule has 1 aromatic heterocycles. The Bertz CT molecular complexity index is 371. The van der Waals surface area contributed by atoms with Crippen molar-refractivity contribution in [1.82, 2.24) is 10.3 Å². The van der Waals surface area contributed by atoms with Crippen molar-refractivity contribution in [3.63, 3.8) is 0 Å². The van der Waals surface area contributed by atoms with Gasteiger partial charge in [-0.3, -0.25) is 4.79 Å². The molecule has 96 valence electrons. The molecule has 1 N–H and O–H groups in total. The molecule has 0 aliphatic heterocycles. The van der Waals surface area contributed by atoms with Crippen molar-refractivity contribution < 1.29 is 4.79 Å². The van der Waals surface area contributed by atoms with Crippen LogP contribution < -0.4 is 5.32 Å². The fourth-order valence-electron chi connectivity index (χ4n) is 1.60. The van der Waals surface area contributed by atoms with E-state index < -0.39 is 0 Å². The van der Waals surface area contributed by atoms with Crippen LogP contribution in [0.1, 0.15) is 57.2 Å². The summed E-state index contributed by atoms with van der Waals surface area (Å²) in [6.07, 6.45) is 0. The van der Waals surface area contributed by atoms with Gasteiger partial charge in [0.1, 0.15) is 0 Å². The lowest BCUT2D eigenvalue weighted by Crippen LogP contribution is -2.28. The van der Waals surface area contributed by atoms with Crippen molar-refractivity contribution in [1.29, 1.82) is 0 Å². The van der Waals surface area contributed by atoms with E-state index in [0.29, 0.717) is 24.3 Å². The van der Waals surface area contributed by atoms with Crippen LogP contribution in [0.15, 0.2) is 5.38 Å². The molecule has 0 aromatic carbocycles. The van der Waals surface area contributed by atoms with Crippen LogP contribution >= 0.6 is 11.3 Å². The van der Waals surface area contributed by atoms with Crippen LogP contribution in [-0.4, -0.2) is 17.4 Å². The van der Waals surface area contributed by atoms with Gasteiger partial charge in [0.15, 0.2) is 0 Å². The van der Waals surface area contributed by atoms with Gasteiger partial charge in [0.25, 0.3) is 0 Å². The zero-order valence-electron chi connectivity index (χ0n) is 11.3.